The minimum atomic E-state index is -5.46. The Hall–Kier alpha value is -3.38. The van der Waals surface area contributed by atoms with Crippen molar-refractivity contribution >= 4 is 40.6 Å². The molecular formula is C22H11Cl2F12N5O. The first-order valence-corrected chi connectivity index (χ1v) is 11.7. The van der Waals surface area contributed by atoms with Crippen LogP contribution in [0.25, 0.3) is 0 Å². The van der Waals surface area contributed by atoms with Crippen LogP contribution in [-0.4, -0.2) is 36.6 Å². The molecule has 0 amide bonds. The molecule has 2 aromatic rings. The second kappa shape index (κ2) is 10.7. The van der Waals surface area contributed by atoms with Gasteiger partial charge in [-0.05, 0) is 29.8 Å². The predicted molar refractivity (Wildman–Crippen MR) is 125 cm³/mol. The highest BCUT2D eigenvalue weighted by Gasteiger charge is 2.52. The molecule has 42 heavy (non-hydrogen) atoms. The van der Waals surface area contributed by atoms with E-state index in [2.05, 4.69) is 20.1 Å². The summed E-state index contributed by atoms with van der Waals surface area (Å²) in [4.78, 5) is 7.19. The number of fused-ring (bicyclic) bond motifs is 1. The maximum atomic E-state index is 14.0. The van der Waals surface area contributed by atoms with Crippen molar-refractivity contribution in [3.05, 3.63) is 68.8 Å². The third kappa shape index (κ3) is 6.81. The number of aliphatic imine (C=N–C) groups is 2. The minimum absolute atomic E-state index is 0.0856. The van der Waals surface area contributed by atoms with Gasteiger partial charge in [-0.15, -0.1) is 13.2 Å². The van der Waals surface area contributed by atoms with Crippen LogP contribution in [0.1, 0.15) is 11.1 Å². The van der Waals surface area contributed by atoms with Gasteiger partial charge in [0.2, 0.25) is 5.84 Å². The number of benzene rings is 2. The third-order valence-corrected chi connectivity index (χ3v) is 6.01. The van der Waals surface area contributed by atoms with Crippen molar-refractivity contribution in [3.63, 3.8) is 0 Å². The molecule has 1 unspecified atom stereocenters. The van der Waals surface area contributed by atoms with Crippen molar-refractivity contribution < 1.29 is 57.4 Å². The van der Waals surface area contributed by atoms with Crippen molar-refractivity contribution in [1.82, 2.24) is 10.7 Å². The van der Waals surface area contributed by atoms with Gasteiger partial charge in [0.15, 0.2) is 5.84 Å². The van der Waals surface area contributed by atoms with Crippen LogP contribution in [-0.2, 0) is 12.7 Å². The molecule has 4 rings (SSSR count). The lowest BCUT2D eigenvalue weighted by molar-refractivity contribution is -0.274. The van der Waals surface area contributed by atoms with Crippen molar-refractivity contribution in [3.8, 4) is 5.75 Å². The van der Waals surface area contributed by atoms with E-state index in [9.17, 15) is 52.7 Å². The van der Waals surface area contributed by atoms with Crippen LogP contribution >= 0.6 is 23.2 Å². The number of alkyl halides is 12. The summed E-state index contributed by atoms with van der Waals surface area (Å²) >= 11 is 12.0. The Labute approximate surface area is 236 Å². The van der Waals surface area contributed by atoms with Crippen LogP contribution in [0.5, 0.6) is 5.75 Å². The Bertz CT molecular complexity index is 1440. The standard InChI is InChI=1S/C22H11Cl2F12N5O/c23-11-5-9(19(25,26)27)6-12(24)14(11)41-17(37-7-8-1-3-10(4-2-8)42-22(34,35)36)13-15(20(28,29)30)38-18(21(31,32)33)39-16(13)40-41/h1-6,16,40H,7H2,(H,38,39). The lowest BCUT2D eigenvalue weighted by atomic mass is 10.1. The van der Waals surface area contributed by atoms with Crippen LogP contribution in [0.4, 0.5) is 58.4 Å². The number of hydrazine groups is 1. The first kappa shape index (κ1) is 31.6. The summed E-state index contributed by atoms with van der Waals surface area (Å²) in [5, 5.41) is 0.183. The van der Waals surface area contributed by atoms with E-state index < -0.39 is 87.6 Å². The number of hydrogen-bond donors (Lipinski definition) is 2. The van der Waals surface area contributed by atoms with E-state index in [1.54, 1.807) is 0 Å². The summed E-state index contributed by atoms with van der Waals surface area (Å²) in [6, 6.07) is 4.61. The Kier molecular flexibility index (Phi) is 8.05. The van der Waals surface area contributed by atoms with E-state index in [1.807, 2.05) is 0 Å². The van der Waals surface area contributed by atoms with Crippen molar-refractivity contribution in [2.45, 2.75) is 37.6 Å². The molecule has 0 saturated carbocycles. The molecule has 6 nitrogen and oxygen atoms in total. The third-order valence-electron chi connectivity index (χ3n) is 5.44. The summed E-state index contributed by atoms with van der Waals surface area (Å²) in [7, 11) is 0. The Morgan fingerprint density at radius 2 is 1.40 bits per heavy atom. The Morgan fingerprint density at radius 3 is 1.88 bits per heavy atom. The Morgan fingerprint density at radius 1 is 0.833 bits per heavy atom. The molecule has 1 fully saturated rings. The summed E-state index contributed by atoms with van der Waals surface area (Å²) in [6.45, 7) is -0.590. The van der Waals surface area contributed by atoms with Gasteiger partial charge in [0.25, 0.3) is 0 Å². The molecule has 1 atom stereocenters. The largest absolute Gasteiger partial charge is 0.573 e. The van der Waals surface area contributed by atoms with E-state index in [4.69, 9.17) is 23.2 Å². The van der Waals surface area contributed by atoms with Crippen molar-refractivity contribution in [2.75, 3.05) is 5.01 Å². The van der Waals surface area contributed by atoms with Crippen molar-refractivity contribution in [1.29, 1.82) is 0 Å². The van der Waals surface area contributed by atoms with E-state index in [1.165, 1.54) is 5.32 Å². The van der Waals surface area contributed by atoms with Crippen LogP contribution in [0.3, 0.4) is 0 Å². The van der Waals surface area contributed by atoms with Gasteiger partial charge in [-0.25, -0.2) is 4.99 Å². The quantitative estimate of drug-likeness (QED) is 0.333. The number of nitrogens with one attached hydrogen (secondary N) is 2. The summed E-state index contributed by atoms with van der Waals surface area (Å²) in [6.07, 6.45) is -22.9. The summed E-state index contributed by atoms with van der Waals surface area (Å²) in [5.41, 5.74) is -2.61. The van der Waals surface area contributed by atoms with Crippen molar-refractivity contribution in [2.24, 2.45) is 9.98 Å². The molecule has 0 spiro atoms. The maximum Gasteiger partial charge on any atom is 0.573 e. The van der Waals surface area contributed by atoms with Crippen LogP contribution in [0.15, 0.2) is 57.7 Å². The van der Waals surface area contributed by atoms with Crippen LogP contribution in [0.2, 0.25) is 10.0 Å². The lowest BCUT2D eigenvalue weighted by Gasteiger charge is -2.25. The highest BCUT2D eigenvalue weighted by molar-refractivity contribution is 6.40. The number of rotatable bonds is 4. The normalized spacial score (nSPS) is 19.2. The minimum Gasteiger partial charge on any atom is -0.406 e. The second-order valence-corrected chi connectivity index (χ2v) is 9.19. The number of nitrogens with zero attached hydrogens (tertiary/aromatic N) is 3. The fourth-order valence-electron chi connectivity index (χ4n) is 3.78. The average molecular weight is 660 g/mol. The second-order valence-electron chi connectivity index (χ2n) is 8.37. The number of amidine groups is 2. The lowest BCUT2D eigenvalue weighted by Crippen LogP contribution is -2.47. The fourth-order valence-corrected chi connectivity index (χ4v) is 4.44. The highest BCUT2D eigenvalue weighted by Crippen LogP contribution is 2.44. The van der Waals surface area contributed by atoms with Gasteiger partial charge >= 0.3 is 24.9 Å². The first-order chi connectivity index (χ1) is 19.1. The zero-order chi connectivity index (χ0) is 31.4. The molecule has 1 saturated heterocycles. The topological polar surface area (TPSA) is 61.2 Å². The highest BCUT2D eigenvalue weighted by atomic mass is 35.5. The van der Waals surface area contributed by atoms with Gasteiger partial charge in [0.1, 0.15) is 17.6 Å². The molecule has 2 aromatic carbocycles. The molecule has 0 bridgehead atoms. The molecule has 2 heterocycles. The molecule has 0 radical (unpaired) electrons. The predicted octanol–water partition coefficient (Wildman–Crippen LogP) is 7.54. The zero-order valence-electron chi connectivity index (χ0n) is 19.8. The molecule has 20 heteroatoms. The molecule has 228 valence electrons. The Balaban J connectivity index is 1.85. The van der Waals surface area contributed by atoms with E-state index in [0.717, 1.165) is 24.3 Å². The van der Waals surface area contributed by atoms with Crippen LogP contribution < -0.4 is 20.5 Å². The number of halogens is 14. The molecule has 2 aliphatic rings. The summed E-state index contributed by atoms with van der Waals surface area (Å²) in [5.74, 6) is -3.48. The van der Waals surface area contributed by atoms with Gasteiger partial charge in [-0.3, -0.25) is 10.0 Å². The van der Waals surface area contributed by atoms with E-state index in [0.29, 0.717) is 17.1 Å². The molecule has 2 aliphatic heterocycles. The van der Waals surface area contributed by atoms with Gasteiger partial charge in [0, 0.05) is 0 Å². The fraction of sp³-hybridized carbons (Fsp3) is 0.273. The van der Waals surface area contributed by atoms with Gasteiger partial charge in [-0.1, -0.05) is 35.3 Å². The van der Waals surface area contributed by atoms with Crippen LogP contribution in [0, 0.1) is 0 Å². The SMILES string of the molecule is FC(F)(F)Oc1ccc(CN=C2C3=C(C(F)(F)F)NC(C(F)(F)F)=NC3NN2c2c(Cl)cc(C(F)(F)F)cc2Cl)cc1. The smallest absolute Gasteiger partial charge is 0.406 e. The van der Waals surface area contributed by atoms with Gasteiger partial charge in [-0.2, -0.15) is 44.9 Å². The number of allylic oxidation sites excluding steroid dienone is 1. The monoisotopic (exact) mass is 659 g/mol. The molecular weight excluding hydrogens is 649 g/mol. The van der Waals surface area contributed by atoms with Gasteiger partial charge in [0.05, 0.1) is 33.4 Å². The maximum absolute atomic E-state index is 14.0. The number of hydrogen-bond acceptors (Lipinski definition) is 5. The molecule has 2 N–H and O–H groups in total. The zero-order valence-corrected chi connectivity index (χ0v) is 21.3. The van der Waals surface area contributed by atoms with E-state index in [-0.39, 0.29) is 5.56 Å². The molecule has 0 aliphatic carbocycles. The first-order valence-electron chi connectivity index (χ1n) is 10.9. The average Bonchev–Trinajstić information content (AvgIpc) is 3.17. The van der Waals surface area contributed by atoms with Gasteiger partial charge < -0.3 is 10.1 Å². The summed E-state index contributed by atoms with van der Waals surface area (Å²) < 4.78 is 163. The number of ether oxygens (including phenoxy) is 1. The van der Waals surface area contributed by atoms with E-state index >= 15 is 0 Å². The number of anilines is 1. The molecule has 0 aromatic heterocycles.